The normalized spacial score (nSPS) is 21.1. The lowest BCUT2D eigenvalue weighted by Gasteiger charge is -2.28. The Balaban J connectivity index is 2.16. The molecule has 1 N–H and O–H groups in total. The Kier molecular flexibility index (Phi) is 2.59. The molecule has 1 atom stereocenters. The highest BCUT2D eigenvalue weighted by Crippen LogP contribution is 2.27. The third-order valence-corrected chi connectivity index (χ3v) is 2.36. The third kappa shape index (κ3) is 2.02. The zero-order valence-electron chi connectivity index (χ0n) is 9.73. The van der Waals surface area contributed by atoms with Crippen LogP contribution in [0.2, 0.25) is 0 Å². The largest absolute Gasteiger partial charge is 0.344 e. The van der Waals surface area contributed by atoms with Gasteiger partial charge < -0.3 is 5.32 Å². The molecule has 2 rings (SSSR count). The van der Waals surface area contributed by atoms with E-state index in [1.807, 2.05) is 51.1 Å². The van der Waals surface area contributed by atoms with Crippen molar-refractivity contribution in [2.24, 2.45) is 0 Å². The molecular weight excluding hydrogens is 204 g/mol. The molecule has 86 valence electrons. The Morgan fingerprint density at radius 2 is 1.88 bits per heavy atom. The first-order valence-electron chi connectivity index (χ1n) is 5.31. The van der Waals surface area contributed by atoms with Gasteiger partial charge in [-0.15, -0.1) is 0 Å². The molecule has 1 aliphatic rings. The van der Waals surface area contributed by atoms with E-state index >= 15 is 0 Å². The van der Waals surface area contributed by atoms with Crippen molar-refractivity contribution in [1.29, 1.82) is 0 Å². The summed E-state index contributed by atoms with van der Waals surface area (Å²) in [5.41, 5.74) is 0.607. The van der Waals surface area contributed by atoms with Gasteiger partial charge in [0.05, 0.1) is 5.54 Å². The van der Waals surface area contributed by atoms with E-state index in [1.165, 1.54) is 5.06 Å². The van der Waals surface area contributed by atoms with E-state index in [0.717, 1.165) is 5.56 Å². The Labute approximate surface area is 95.2 Å². The van der Waals surface area contributed by atoms with E-state index in [2.05, 4.69) is 5.32 Å². The van der Waals surface area contributed by atoms with Crippen LogP contribution in [0, 0.1) is 0 Å². The molecule has 0 aromatic heterocycles. The number of amides is 2. The van der Waals surface area contributed by atoms with Gasteiger partial charge in [0, 0.05) is 5.56 Å². The van der Waals surface area contributed by atoms with E-state index in [0.29, 0.717) is 0 Å². The highest BCUT2D eigenvalue weighted by molar-refractivity contribution is 5.75. The quantitative estimate of drug-likeness (QED) is 0.789. The number of rotatable bonds is 1. The van der Waals surface area contributed by atoms with Gasteiger partial charge in [0.15, 0.2) is 6.23 Å². The topological polar surface area (TPSA) is 41.6 Å². The molecule has 16 heavy (non-hydrogen) atoms. The number of hydrogen-bond acceptors (Lipinski definition) is 2. The van der Waals surface area contributed by atoms with E-state index in [9.17, 15) is 4.79 Å². The average molecular weight is 220 g/mol. The number of hydrogen-bond donors (Lipinski definition) is 1. The van der Waals surface area contributed by atoms with Crippen molar-refractivity contribution in [3.05, 3.63) is 35.9 Å². The predicted octanol–water partition coefficient (Wildman–Crippen LogP) is 2.44. The number of carbonyl (C=O) groups excluding carboxylic acids is 1. The number of nitrogens with zero attached hydrogens (tertiary/aromatic N) is 1. The molecule has 1 unspecified atom stereocenters. The van der Waals surface area contributed by atoms with Crippen LogP contribution in [0.25, 0.3) is 0 Å². The first kappa shape index (κ1) is 11.0. The van der Waals surface area contributed by atoms with Crippen molar-refractivity contribution in [2.75, 3.05) is 0 Å². The van der Waals surface area contributed by atoms with Gasteiger partial charge in [-0.3, -0.25) is 0 Å². The molecule has 2 amide bonds. The number of carbonyl (C=O) groups is 1. The molecule has 1 aliphatic heterocycles. The van der Waals surface area contributed by atoms with Crippen LogP contribution in [0.15, 0.2) is 30.3 Å². The van der Waals surface area contributed by atoms with Gasteiger partial charge in [-0.2, -0.15) is 5.06 Å². The average Bonchev–Trinajstić information content (AvgIpc) is 2.61. The first-order chi connectivity index (χ1) is 7.48. The van der Waals surface area contributed by atoms with E-state index in [-0.39, 0.29) is 17.8 Å². The molecule has 0 spiro atoms. The van der Waals surface area contributed by atoms with E-state index in [4.69, 9.17) is 4.84 Å². The number of nitrogens with one attached hydrogen (secondary N) is 1. The summed E-state index contributed by atoms with van der Waals surface area (Å²) in [6, 6.07) is 9.44. The SMILES string of the molecule is CC(C)(C)N1OC(c2ccccc2)NC1=O. The van der Waals surface area contributed by atoms with Gasteiger partial charge in [-0.1, -0.05) is 30.3 Å². The van der Waals surface area contributed by atoms with Crippen molar-refractivity contribution in [3.8, 4) is 0 Å². The Hall–Kier alpha value is -1.55. The highest BCUT2D eigenvalue weighted by Gasteiger charge is 2.38. The van der Waals surface area contributed by atoms with Crippen molar-refractivity contribution in [2.45, 2.75) is 32.5 Å². The van der Waals surface area contributed by atoms with E-state index < -0.39 is 0 Å². The second-order valence-corrected chi connectivity index (χ2v) is 4.81. The maximum Gasteiger partial charge on any atom is 0.344 e. The third-order valence-electron chi connectivity index (χ3n) is 2.36. The van der Waals surface area contributed by atoms with Crippen molar-refractivity contribution < 1.29 is 9.63 Å². The van der Waals surface area contributed by atoms with Crippen molar-refractivity contribution >= 4 is 6.03 Å². The minimum absolute atomic E-state index is 0.193. The van der Waals surface area contributed by atoms with Gasteiger partial charge in [0.2, 0.25) is 0 Å². The predicted molar refractivity (Wildman–Crippen MR) is 60.4 cm³/mol. The molecule has 0 aliphatic carbocycles. The molecular formula is C12H16N2O2. The van der Waals surface area contributed by atoms with Gasteiger partial charge in [0.1, 0.15) is 0 Å². The number of benzene rings is 1. The zero-order valence-corrected chi connectivity index (χ0v) is 9.73. The van der Waals surface area contributed by atoms with Crippen LogP contribution in [0.1, 0.15) is 32.6 Å². The summed E-state index contributed by atoms with van der Waals surface area (Å²) in [7, 11) is 0. The Morgan fingerprint density at radius 3 is 2.38 bits per heavy atom. The monoisotopic (exact) mass is 220 g/mol. The molecule has 1 aromatic rings. The summed E-state index contributed by atoms with van der Waals surface area (Å²) in [5, 5.41) is 4.17. The molecule has 1 saturated heterocycles. The maximum atomic E-state index is 11.7. The maximum absolute atomic E-state index is 11.7. The summed E-state index contributed by atoms with van der Waals surface area (Å²) in [4.78, 5) is 17.3. The molecule has 1 aromatic carbocycles. The van der Waals surface area contributed by atoms with Gasteiger partial charge in [0.25, 0.3) is 0 Å². The lowest BCUT2D eigenvalue weighted by atomic mass is 10.1. The lowest BCUT2D eigenvalue weighted by molar-refractivity contribution is -0.172. The summed E-state index contributed by atoms with van der Waals surface area (Å²) in [5.74, 6) is 0. The van der Waals surface area contributed by atoms with Crippen molar-refractivity contribution in [3.63, 3.8) is 0 Å². The fourth-order valence-corrected chi connectivity index (χ4v) is 1.59. The van der Waals surface area contributed by atoms with Crippen LogP contribution in [0.3, 0.4) is 0 Å². The van der Waals surface area contributed by atoms with Crippen LogP contribution < -0.4 is 5.32 Å². The fourth-order valence-electron chi connectivity index (χ4n) is 1.59. The zero-order chi connectivity index (χ0) is 11.8. The molecule has 4 nitrogen and oxygen atoms in total. The number of hydroxylamine groups is 2. The summed E-state index contributed by atoms with van der Waals surface area (Å²) >= 11 is 0. The second kappa shape index (κ2) is 3.79. The number of urea groups is 1. The molecule has 4 heteroatoms. The van der Waals surface area contributed by atoms with Gasteiger partial charge in [-0.05, 0) is 20.8 Å². The molecule has 0 radical (unpaired) electrons. The minimum atomic E-state index is -0.382. The summed E-state index contributed by atoms with van der Waals surface area (Å²) in [6.07, 6.45) is -0.382. The Morgan fingerprint density at radius 1 is 1.25 bits per heavy atom. The molecule has 0 saturated carbocycles. The first-order valence-corrected chi connectivity index (χ1v) is 5.31. The standard InChI is InChI=1S/C12H16N2O2/c1-12(2,3)14-11(15)13-10(16-14)9-7-5-4-6-8-9/h4-8,10H,1-3H3,(H,13,15). The van der Waals surface area contributed by atoms with Crippen LogP contribution in [-0.4, -0.2) is 16.6 Å². The van der Waals surface area contributed by atoms with E-state index in [1.54, 1.807) is 0 Å². The summed E-state index contributed by atoms with van der Waals surface area (Å²) < 4.78 is 0. The smallest absolute Gasteiger partial charge is 0.305 e. The van der Waals surface area contributed by atoms with Crippen molar-refractivity contribution in [1.82, 2.24) is 10.4 Å². The molecule has 0 bridgehead atoms. The van der Waals surface area contributed by atoms with Crippen LogP contribution in [0.5, 0.6) is 0 Å². The van der Waals surface area contributed by atoms with Crippen LogP contribution in [-0.2, 0) is 4.84 Å². The Bertz CT molecular complexity index is 384. The minimum Gasteiger partial charge on any atom is -0.305 e. The highest BCUT2D eigenvalue weighted by atomic mass is 16.7. The molecule has 1 heterocycles. The second-order valence-electron chi connectivity index (χ2n) is 4.81. The fraction of sp³-hybridized carbons (Fsp3) is 0.417. The van der Waals surface area contributed by atoms with Crippen LogP contribution >= 0.6 is 0 Å². The lowest BCUT2D eigenvalue weighted by Crippen LogP contribution is -2.42. The van der Waals surface area contributed by atoms with Crippen LogP contribution in [0.4, 0.5) is 4.79 Å². The molecule has 1 fully saturated rings. The summed E-state index contributed by atoms with van der Waals surface area (Å²) in [6.45, 7) is 5.79. The van der Waals surface area contributed by atoms with Gasteiger partial charge in [-0.25, -0.2) is 9.63 Å². The van der Waals surface area contributed by atoms with Gasteiger partial charge >= 0.3 is 6.03 Å².